The Morgan fingerprint density at radius 3 is 2.31 bits per heavy atom. The third-order valence-corrected chi connectivity index (χ3v) is 7.03. The highest BCUT2D eigenvalue weighted by molar-refractivity contribution is 5.93. The summed E-state index contributed by atoms with van der Waals surface area (Å²) in [5.41, 5.74) is 4.98. The molecular weight excluding hydrogens is 434 g/mol. The van der Waals surface area contributed by atoms with Crippen LogP contribution in [-0.4, -0.2) is 41.4 Å². The second kappa shape index (κ2) is 9.63. The smallest absolute Gasteiger partial charge is 0.119 e. The van der Waals surface area contributed by atoms with Crippen LogP contribution >= 0.6 is 0 Å². The highest BCUT2D eigenvalue weighted by Crippen LogP contribution is 2.34. The number of aromatic hydroxyl groups is 2. The molecule has 1 fully saturated rings. The van der Waals surface area contributed by atoms with Gasteiger partial charge in [-0.15, -0.1) is 0 Å². The van der Waals surface area contributed by atoms with E-state index < -0.39 is 0 Å². The van der Waals surface area contributed by atoms with Gasteiger partial charge in [0.2, 0.25) is 0 Å². The number of hydrogen-bond donors (Lipinski definition) is 2. The van der Waals surface area contributed by atoms with Gasteiger partial charge in [0.1, 0.15) is 23.9 Å². The standard InChI is InChI=1S/C31H33NO3/c1-31(2)15-16-32(21-31)17-18-35-27-11-3-22(4-12-27)19-30-28(23-5-8-25(33)9-6-23)13-7-24-20-26(34)10-14-29(24)30/h3-14,20,33-34H,15-19,21H2,1-2H3. The number of ether oxygens (including phenoxy) is 1. The predicted octanol–water partition coefficient (Wildman–Crippen LogP) is 6.62. The molecule has 4 heteroatoms. The normalized spacial score (nSPS) is 15.5. The molecule has 0 aromatic heterocycles. The maximum atomic E-state index is 9.98. The summed E-state index contributed by atoms with van der Waals surface area (Å²) >= 11 is 0. The molecule has 5 rings (SSSR count). The van der Waals surface area contributed by atoms with E-state index in [0.717, 1.165) is 53.7 Å². The maximum absolute atomic E-state index is 9.98. The van der Waals surface area contributed by atoms with Gasteiger partial charge >= 0.3 is 0 Å². The Hall–Kier alpha value is -3.50. The maximum Gasteiger partial charge on any atom is 0.119 e. The summed E-state index contributed by atoms with van der Waals surface area (Å²) in [5, 5.41) is 21.8. The lowest BCUT2D eigenvalue weighted by molar-refractivity contribution is 0.222. The van der Waals surface area contributed by atoms with Crippen LogP contribution in [0.2, 0.25) is 0 Å². The molecule has 0 aliphatic carbocycles. The molecular formula is C31H33NO3. The SMILES string of the molecule is CC1(C)CCN(CCOc2ccc(Cc3c(-c4ccc(O)cc4)ccc4cc(O)ccc34)cc2)C1. The number of fused-ring (bicyclic) bond motifs is 1. The van der Waals surface area contributed by atoms with Gasteiger partial charge in [-0.1, -0.05) is 56.3 Å². The van der Waals surface area contributed by atoms with Crippen molar-refractivity contribution in [2.45, 2.75) is 26.7 Å². The number of phenolic OH excluding ortho intramolecular Hbond substituents is 2. The quantitative estimate of drug-likeness (QED) is 0.321. The van der Waals surface area contributed by atoms with E-state index in [2.05, 4.69) is 49.1 Å². The van der Waals surface area contributed by atoms with Crippen molar-refractivity contribution in [3.8, 4) is 28.4 Å². The van der Waals surface area contributed by atoms with E-state index in [9.17, 15) is 10.2 Å². The zero-order chi connectivity index (χ0) is 24.4. The van der Waals surface area contributed by atoms with Crippen molar-refractivity contribution < 1.29 is 14.9 Å². The van der Waals surface area contributed by atoms with Crippen molar-refractivity contribution in [2.75, 3.05) is 26.2 Å². The molecule has 0 bridgehead atoms. The molecule has 0 amide bonds. The lowest BCUT2D eigenvalue weighted by Gasteiger charge is -2.19. The van der Waals surface area contributed by atoms with Gasteiger partial charge in [-0.05, 0) is 94.2 Å². The van der Waals surface area contributed by atoms with Gasteiger partial charge in [0, 0.05) is 13.1 Å². The van der Waals surface area contributed by atoms with Gasteiger partial charge in [0.25, 0.3) is 0 Å². The molecule has 2 N–H and O–H groups in total. The highest BCUT2D eigenvalue weighted by atomic mass is 16.5. The number of hydrogen-bond acceptors (Lipinski definition) is 4. The van der Waals surface area contributed by atoms with Gasteiger partial charge in [-0.25, -0.2) is 0 Å². The summed E-state index contributed by atoms with van der Waals surface area (Å²) in [6.07, 6.45) is 2.00. The molecule has 4 nitrogen and oxygen atoms in total. The fraction of sp³-hybridized carbons (Fsp3) is 0.290. The summed E-state index contributed by atoms with van der Waals surface area (Å²) in [6, 6.07) is 25.4. The van der Waals surface area contributed by atoms with Crippen LogP contribution in [0.15, 0.2) is 78.9 Å². The topological polar surface area (TPSA) is 52.9 Å². The third kappa shape index (κ3) is 5.44. The molecule has 4 aromatic carbocycles. The van der Waals surface area contributed by atoms with Crippen LogP contribution in [0.1, 0.15) is 31.4 Å². The van der Waals surface area contributed by atoms with Crippen molar-refractivity contribution in [1.29, 1.82) is 0 Å². The molecule has 0 spiro atoms. The van der Waals surface area contributed by atoms with Crippen LogP contribution in [0.4, 0.5) is 0 Å². The Bertz CT molecular complexity index is 1310. The average Bonchev–Trinajstić information content (AvgIpc) is 3.19. The third-order valence-electron chi connectivity index (χ3n) is 7.03. The van der Waals surface area contributed by atoms with Crippen LogP contribution in [0.3, 0.4) is 0 Å². The van der Waals surface area contributed by atoms with Gasteiger partial charge in [0.15, 0.2) is 0 Å². The largest absolute Gasteiger partial charge is 0.508 e. The molecule has 1 saturated heterocycles. The predicted molar refractivity (Wildman–Crippen MR) is 142 cm³/mol. The Morgan fingerprint density at radius 1 is 0.857 bits per heavy atom. The number of phenols is 2. The zero-order valence-electron chi connectivity index (χ0n) is 20.5. The van der Waals surface area contributed by atoms with Gasteiger partial charge in [-0.2, -0.15) is 0 Å². The van der Waals surface area contributed by atoms with Crippen LogP contribution in [0.5, 0.6) is 17.2 Å². The van der Waals surface area contributed by atoms with E-state index in [1.807, 2.05) is 24.3 Å². The highest BCUT2D eigenvalue weighted by Gasteiger charge is 2.28. The molecule has 1 aliphatic heterocycles. The summed E-state index contributed by atoms with van der Waals surface area (Å²) in [7, 11) is 0. The monoisotopic (exact) mass is 467 g/mol. The van der Waals surface area contributed by atoms with E-state index in [4.69, 9.17) is 4.74 Å². The van der Waals surface area contributed by atoms with Crippen LogP contribution < -0.4 is 4.74 Å². The number of benzene rings is 4. The second-order valence-corrected chi connectivity index (χ2v) is 10.4. The van der Waals surface area contributed by atoms with Gasteiger partial charge in [-0.3, -0.25) is 4.90 Å². The first-order valence-electron chi connectivity index (χ1n) is 12.3. The minimum atomic E-state index is 0.255. The number of likely N-dealkylation sites (tertiary alicyclic amines) is 1. The zero-order valence-corrected chi connectivity index (χ0v) is 20.5. The second-order valence-electron chi connectivity index (χ2n) is 10.4. The minimum Gasteiger partial charge on any atom is -0.508 e. The molecule has 1 aliphatic rings. The Morgan fingerprint density at radius 2 is 1.60 bits per heavy atom. The number of rotatable bonds is 7. The van der Waals surface area contributed by atoms with Gasteiger partial charge < -0.3 is 14.9 Å². The van der Waals surface area contributed by atoms with Crippen molar-refractivity contribution in [2.24, 2.45) is 5.41 Å². The first kappa shape index (κ1) is 23.3. The first-order valence-corrected chi connectivity index (χ1v) is 12.3. The first-order chi connectivity index (χ1) is 16.9. The van der Waals surface area contributed by atoms with E-state index in [1.165, 1.54) is 17.5 Å². The molecule has 0 unspecified atom stereocenters. The molecule has 0 radical (unpaired) electrons. The lowest BCUT2D eigenvalue weighted by atomic mass is 9.90. The van der Waals surface area contributed by atoms with Crippen molar-refractivity contribution >= 4 is 10.8 Å². The molecule has 35 heavy (non-hydrogen) atoms. The minimum absolute atomic E-state index is 0.255. The van der Waals surface area contributed by atoms with Gasteiger partial charge in [0.05, 0.1) is 0 Å². The number of nitrogens with zero attached hydrogens (tertiary/aromatic N) is 1. The average molecular weight is 468 g/mol. The summed E-state index contributed by atoms with van der Waals surface area (Å²) < 4.78 is 6.04. The molecule has 0 saturated carbocycles. The summed E-state index contributed by atoms with van der Waals surface area (Å²) in [5.74, 6) is 1.42. The van der Waals surface area contributed by atoms with E-state index in [0.29, 0.717) is 12.0 Å². The lowest BCUT2D eigenvalue weighted by Crippen LogP contribution is -2.27. The fourth-order valence-corrected chi connectivity index (χ4v) is 5.10. The Labute approximate surface area is 207 Å². The molecule has 1 heterocycles. The molecule has 4 aromatic rings. The molecule has 0 atom stereocenters. The van der Waals surface area contributed by atoms with Crippen molar-refractivity contribution in [3.05, 3.63) is 90.0 Å². The van der Waals surface area contributed by atoms with Crippen LogP contribution in [0.25, 0.3) is 21.9 Å². The van der Waals surface area contributed by atoms with Crippen molar-refractivity contribution in [3.63, 3.8) is 0 Å². The fourth-order valence-electron chi connectivity index (χ4n) is 5.10. The van der Waals surface area contributed by atoms with E-state index in [1.54, 1.807) is 24.3 Å². The van der Waals surface area contributed by atoms with E-state index >= 15 is 0 Å². The molecule has 180 valence electrons. The van der Waals surface area contributed by atoms with Crippen molar-refractivity contribution in [1.82, 2.24) is 4.90 Å². The van der Waals surface area contributed by atoms with Crippen LogP contribution in [-0.2, 0) is 6.42 Å². The summed E-state index contributed by atoms with van der Waals surface area (Å²) in [6.45, 7) is 8.62. The van der Waals surface area contributed by atoms with Crippen LogP contribution in [0, 0.1) is 5.41 Å². The van der Waals surface area contributed by atoms with E-state index in [-0.39, 0.29) is 11.5 Å². The Kier molecular flexibility index (Phi) is 6.40. The summed E-state index contributed by atoms with van der Waals surface area (Å²) in [4.78, 5) is 2.48. The Balaban J connectivity index is 1.34.